The minimum Gasteiger partial charge on any atom is -0.486 e. The van der Waals surface area contributed by atoms with Crippen molar-refractivity contribution in [2.45, 2.75) is 44.2 Å². The van der Waals surface area contributed by atoms with Gasteiger partial charge in [-0.25, -0.2) is 9.97 Å². The van der Waals surface area contributed by atoms with Gasteiger partial charge in [-0.3, -0.25) is 9.78 Å². The van der Waals surface area contributed by atoms with Gasteiger partial charge in [-0.2, -0.15) is 0 Å². The molecule has 0 atom stereocenters. The van der Waals surface area contributed by atoms with Gasteiger partial charge in [0.05, 0.1) is 16.1 Å². The minimum atomic E-state index is -0.114. The smallest absolute Gasteiger partial charge is 0.243 e. The van der Waals surface area contributed by atoms with E-state index in [1.165, 1.54) is 11.6 Å². The summed E-state index contributed by atoms with van der Waals surface area (Å²) in [4.78, 5) is 28.2. The van der Waals surface area contributed by atoms with Gasteiger partial charge < -0.3 is 20.4 Å². The molecule has 1 aliphatic carbocycles. The molecule has 36 heavy (non-hydrogen) atoms. The SMILES string of the molecule is C=CC(=O)NC1CCC(c2c[nH]c3ncnc(Nc4ccc(OCc5ccccn5)c(Cl)c4)c23)CC1. The van der Waals surface area contributed by atoms with E-state index in [0.29, 0.717) is 23.3 Å². The molecule has 3 aromatic heterocycles. The van der Waals surface area contributed by atoms with Crippen LogP contribution >= 0.6 is 11.6 Å². The highest BCUT2D eigenvalue weighted by molar-refractivity contribution is 6.32. The lowest BCUT2D eigenvalue weighted by molar-refractivity contribution is -0.117. The van der Waals surface area contributed by atoms with Gasteiger partial charge in [-0.15, -0.1) is 0 Å². The van der Waals surface area contributed by atoms with E-state index in [4.69, 9.17) is 16.3 Å². The Morgan fingerprint density at radius 1 is 1.17 bits per heavy atom. The lowest BCUT2D eigenvalue weighted by Gasteiger charge is -2.28. The maximum Gasteiger partial charge on any atom is 0.243 e. The molecule has 3 heterocycles. The van der Waals surface area contributed by atoms with Crippen molar-refractivity contribution >= 4 is 40.0 Å². The van der Waals surface area contributed by atoms with Gasteiger partial charge in [-0.1, -0.05) is 24.2 Å². The molecular formula is C27H27ClN6O2. The van der Waals surface area contributed by atoms with Gasteiger partial charge in [0, 0.05) is 24.1 Å². The molecule has 5 rings (SSSR count). The summed E-state index contributed by atoms with van der Waals surface area (Å²) in [5.41, 5.74) is 3.60. The van der Waals surface area contributed by atoms with Crippen molar-refractivity contribution in [3.8, 4) is 5.75 Å². The molecule has 4 aromatic rings. The number of fused-ring (bicyclic) bond motifs is 1. The van der Waals surface area contributed by atoms with Gasteiger partial charge in [-0.05, 0) is 73.6 Å². The lowest BCUT2D eigenvalue weighted by Crippen LogP contribution is -2.36. The van der Waals surface area contributed by atoms with Crippen LogP contribution < -0.4 is 15.4 Å². The number of benzene rings is 1. The predicted octanol–water partition coefficient (Wildman–Crippen LogP) is 5.66. The molecule has 1 saturated carbocycles. The van der Waals surface area contributed by atoms with Crippen molar-refractivity contribution < 1.29 is 9.53 Å². The normalized spacial score (nSPS) is 17.5. The van der Waals surface area contributed by atoms with E-state index in [1.54, 1.807) is 12.5 Å². The third-order valence-electron chi connectivity index (χ3n) is 6.50. The number of aromatic amines is 1. The van der Waals surface area contributed by atoms with Crippen LogP contribution in [0.5, 0.6) is 5.75 Å². The molecule has 0 spiro atoms. The fraction of sp³-hybridized carbons (Fsp3) is 0.259. The first-order valence-corrected chi connectivity index (χ1v) is 12.3. The first-order chi connectivity index (χ1) is 17.6. The monoisotopic (exact) mass is 502 g/mol. The van der Waals surface area contributed by atoms with Crippen molar-refractivity contribution in [2.75, 3.05) is 5.32 Å². The summed E-state index contributed by atoms with van der Waals surface area (Å²) < 4.78 is 5.84. The summed E-state index contributed by atoms with van der Waals surface area (Å²) in [6.45, 7) is 3.88. The average molecular weight is 503 g/mol. The Labute approximate surface area is 214 Å². The fourth-order valence-electron chi connectivity index (χ4n) is 4.68. The first kappa shape index (κ1) is 23.8. The molecule has 8 nitrogen and oxygen atoms in total. The summed E-state index contributed by atoms with van der Waals surface area (Å²) in [7, 11) is 0. The zero-order valence-electron chi connectivity index (χ0n) is 19.7. The number of nitrogens with one attached hydrogen (secondary N) is 3. The molecule has 0 aliphatic heterocycles. The fourth-order valence-corrected chi connectivity index (χ4v) is 4.92. The number of amides is 1. The Morgan fingerprint density at radius 3 is 2.78 bits per heavy atom. The number of hydrogen-bond donors (Lipinski definition) is 3. The van der Waals surface area contributed by atoms with Crippen molar-refractivity contribution in [3.05, 3.63) is 84.1 Å². The predicted molar refractivity (Wildman–Crippen MR) is 141 cm³/mol. The Hall–Kier alpha value is -3.91. The van der Waals surface area contributed by atoms with Gasteiger partial charge in [0.15, 0.2) is 0 Å². The highest BCUT2D eigenvalue weighted by atomic mass is 35.5. The number of pyridine rings is 1. The van der Waals surface area contributed by atoms with E-state index in [9.17, 15) is 4.79 Å². The lowest BCUT2D eigenvalue weighted by atomic mass is 9.81. The number of aromatic nitrogens is 4. The van der Waals surface area contributed by atoms with Crippen LogP contribution in [0.3, 0.4) is 0 Å². The van der Waals surface area contributed by atoms with Crippen molar-refractivity contribution in [3.63, 3.8) is 0 Å². The highest BCUT2D eigenvalue weighted by Crippen LogP contribution is 2.39. The molecule has 0 bridgehead atoms. The van der Waals surface area contributed by atoms with Crippen molar-refractivity contribution in [1.29, 1.82) is 0 Å². The molecule has 184 valence electrons. The summed E-state index contributed by atoms with van der Waals surface area (Å²) in [5.74, 6) is 1.55. The number of hydrogen-bond acceptors (Lipinski definition) is 6. The van der Waals surface area contributed by atoms with Gasteiger partial charge in [0.2, 0.25) is 5.91 Å². The molecule has 1 amide bonds. The van der Waals surface area contributed by atoms with E-state index >= 15 is 0 Å². The second kappa shape index (κ2) is 10.8. The van der Waals surface area contributed by atoms with Gasteiger partial charge in [0.25, 0.3) is 0 Å². The third kappa shape index (κ3) is 5.33. The van der Waals surface area contributed by atoms with Gasteiger partial charge in [0.1, 0.15) is 30.1 Å². The molecule has 0 saturated heterocycles. The van der Waals surface area contributed by atoms with Crippen LogP contribution in [-0.4, -0.2) is 31.9 Å². The molecule has 3 N–H and O–H groups in total. The zero-order valence-corrected chi connectivity index (χ0v) is 20.5. The van der Waals surface area contributed by atoms with E-state index in [1.807, 2.05) is 42.6 Å². The second-order valence-corrected chi connectivity index (χ2v) is 9.24. The molecule has 0 radical (unpaired) electrons. The highest BCUT2D eigenvalue weighted by Gasteiger charge is 2.26. The Morgan fingerprint density at radius 2 is 2.03 bits per heavy atom. The molecule has 1 aliphatic rings. The first-order valence-electron chi connectivity index (χ1n) is 11.9. The largest absolute Gasteiger partial charge is 0.486 e. The molecule has 9 heteroatoms. The van der Waals surface area contributed by atoms with Crippen molar-refractivity contribution in [2.24, 2.45) is 0 Å². The number of ether oxygens (including phenoxy) is 1. The molecule has 1 aromatic carbocycles. The third-order valence-corrected chi connectivity index (χ3v) is 6.79. The number of nitrogens with zero attached hydrogens (tertiary/aromatic N) is 3. The molecule has 0 unspecified atom stereocenters. The summed E-state index contributed by atoms with van der Waals surface area (Å²) in [5, 5.41) is 7.89. The number of halogens is 1. The number of H-pyrrole nitrogens is 1. The molecular weight excluding hydrogens is 476 g/mol. The molecule has 1 fully saturated rings. The van der Waals surface area contributed by atoms with E-state index in [-0.39, 0.29) is 11.9 Å². The van der Waals surface area contributed by atoms with Crippen LogP contribution in [-0.2, 0) is 11.4 Å². The van der Waals surface area contributed by atoms with Crippen molar-refractivity contribution in [1.82, 2.24) is 25.3 Å². The minimum absolute atomic E-state index is 0.114. The average Bonchev–Trinajstić information content (AvgIpc) is 3.34. The Kier molecular flexibility index (Phi) is 7.13. The van der Waals surface area contributed by atoms with Crippen LogP contribution in [0.1, 0.15) is 42.9 Å². The number of rotatable bonds is 8. The van der Waals surface area contributed by atoms with Crippen LogP contribution in [0.4, 0.5) is 11.5 Å². The number of anilines is 2. The number of carbonyl (C=O) groups excluding carboxylic acids is 1. The van der Waals surface area contributed by atoms with Crippen LogP contribution in [0.25, 0.3) is 11.0 Å². The van der Waals surface area contributed by atoms with E-state index < -0.39 is 0 Å². The maximum atomic E-state index is 11.7. The van der Waals surface area contributed by atoms with Crippen LogP contribution in [0.15, 0.2) is 67.8 Å². The summed E-state index contributed by atoms with van der Waals surface area (Å²) in [6.07, 6.45) is 10.4. The number of carbonyl (C=O) groups is 1. The van der Waals surface area contributed by atoms with Crippen LogP contribution in [0.2, 0.25) is 5.02 Å². The quantitative estimate of drug-likeness (QED) is 0.269. The van der Waals surface area contributed by atoms with Crippen LogP contribution in [0, 0.1) is 0 Å². The Bertz CT molecular complexity index is 1370. The van der Waals surface area contributed by atoms with Gasteiger partial charge >= 0.3 is 0 Å². The summed E-state index contributed by atoms with van der Waals surface area (Å²) in [6, 6.07) is 11.4. The van der Waals surface area contributed by atoms with E-state index in [0.717, 1.165) is 53.9 Å². The standard InChI is InChI=1S/C27H27ClN6O2/c1-2-24(35)33-18-8-6-17(7-9-18)21-14-30-26-25(21)27(32-16-31-26)34-19-10-11-23(22(28)13-19)36-15-20-5-3-4-12-29-20/h2-5,10-14,16-18H,1,6-9,15H2,(H,33,35)(H2,30,31,32,34). The second-order valence-electron chi connectivity index (χ2n) is 8.83. The zero-order chi connectivity index (χ0) is 24.9. The Balaban J connectivity index is 1.31. The summed E-state index contributed by atoms with van der Waals surface area (Å²) >= 11 is 6.51. The topological polar surface area (TPSA) is 105 Å². The van der Waals surface area contributed by atoms with E-state index in [2.05, 4.69) is 37.1 Å². The maximum absolute atomic E-state index is 11.7.